The van der Waals surface area contributed by atoms with E-state index in [9.17, 15) is 26.8 Å². The second-order valence-corrected chi connectivity index (χ2v) is 11.8. The summed E-state index contributed by atoms with van der Waals surface area (Å²) in [5.41, 5.74) is 0.991. The van der Waals surface area contributed by atoms with E-state index in [-0.39, 0.29) is 24.7 Å². The molecule has 0 spiro atoms. The molecular formula is C29H34F2N4O4S. The molecule has 0 saturated heterocycles. The number of nitrogens with one attached hydrogen (secondary N) is 1. The fourth-order valence-electron chi connectivity index (χ4n) is 4.08. The van der Waals surface area contributed by atoms with E-state index >= 15 is 0 Å². The molecule has 2 amide bonds. The summed E-state index contributed by atoms with van der Waals surface area (Å²) in [4.78, 5) is 28.8. The number of carbonyl (C=O) groups excluding carboxylic acids is 2. The maximum Gasteiger partial charge on any atom is 0.304 e. The first-order valence-corrected chi connectivity index (χ1v) is 14.1. The number of nitrogens with zero attached hydrogens (tertiary/aromatic N) is 3. The molecule has 1 N–H and O–H groups in total. The molecule has 1 unspecified atom stereocenters. The lowest BCUT2D eigenvalue weighted by molar-refractivity contribution is -0.140. The van der Waals surface area contributed by atoms with Crippen LogP contribution in [0.4, 0.5) is 14.5 Å². The van der Waals surface area contributed by atoms with Gasteiger partial charge in [0.15, 0.2) is 0 Å². The number of para-hydroxylation sites is 1. The summed E-state index contributed by atoms with van der Waals surface area (Å²) in [6.07, 6.45) is 0.131. The molecule has 3 rings (SSSR count). The van der Waals surface area contributed by atoms with E-state index in [4.69, 9.17) is 0 Å². The molecule has 8 nitrogen and oxygen atoms in total. The summed E-state index contributed by atoms with van der Waals surface area (Å²) in [6.45, 7) is 2.68. The number of hydrogen-bond acceptors (Lipinski definition) is 4. The Morgan fingerprint density at radius 2 is 1.45 bits per heavy atom. The lowest BCUT2D eigenvalue weighted by Crippen LogP contribution is -2.55. The van der Waals surface area contributed by atoms with Crippen molar-refractivity contribution in [2.75, 3.05) is 24.9 Å². The minimum absolute atomic E-state index is 0.116. The standard InChI is InChI=1S/C29H34F2N4O4S/c1-21(2)32-29(37)27(18-22-10-6-5-7-11-22)34(19-23-14-16-24(30)17-15-23)28(36)20-35(40(38,39)33(3)4)26-13-9-8-12-25(26)31/h5-17,21,27H,18-20H2,1-4H3,(H,32,37). The van der Waals surface area contributed by atoms with Crippen LogP contribution >= 0.6 is 0 Å². The molecule has 0 aromatic heterocycles. The third-order valence-corrected chi connectivity index (χ3v) is 7.91. The quantitative estimate of drug-likeness (QED) is 0.358. The van der Waals surface area contributed by atoms with Gasteiger partial charge >= 0.3 is 10.2 Å². The predicted octanol–water partition coefficient (Wildman–Crippen LogP) is 3.74. The molecule has 0 fully saturated rings. The van der Waals surface area contributed by atoms with Crippen LogP contribution in [0.5, 0.6) is 0 Å². The minimum Gasteiger partial charge on any atom is -0.352 e. The van der Waals surface area contributed by atoms with Gasteiger partial charge in [0.2, 0.25) is 11.8 Å². The molecule has 0 heterocycles. The zero-order valence-corrected chi connectivity index (χ0v) is 23.7. The van der Waals surface area contributed by atoms with Gasteiger partial charge in [-0.15, -0.1) is 0 Å². The summed E-state index contributed by atoms with van der Waals surface area (Å²) in [7, 11) is -1.76. The van der Waals surface area contributed by atoms with E-state index in [1.807, 2.05) is 30.3 Å². The van der Waals surface area contributed by atoms with Gasteiger partial charge in [0.1, 0.15) is 24.2 Å². The second kappa shape index (κ2) is 13.5. The third kappa shape index (κ3) is 7.86. The van der Waals surface area contributed by atoms with Crippen LogP contribution in [0.25, 0.3) is 0 Å². The normalized spacial score (nSPS) is 12.3. The molecule has 214 valence electrons. The summed E-state index contributed by atoms with van der Waals surface area (Å²) >= 11 is 0. The van der Waals surface area contributed by atoms with Gasteiger partial charge in [-0.25, -0.2) is 13.1 Å². The van der Waals surface area contributed by atoms with Gasteiger partial charge in [-0.1, -0.05) is 54.6 Å². The molecule has 1 atom stereocenters. The highest BCUT2D eigenvalue weighted by Crippen LogP contribution is 2.24. The Labute approximate surface area is 234 Å². The number of carbonyl (C=O) groups is 2. The average molecular weight is 573 g/mol. The highest BCUT2D eigenvalue weighted by molar-refractivity contribution is 7.90. The van der Waals surface area contributed by atoms with Gasteiger partial charge in [0, 0.05) is 33.1 Å². The van der Waals surface area contributed by atoms with Crippen molar-refractivity contribution >= 4 is 27.7 Å². The lowest BCUT2D eigenvalue weighted by atomic mass is 10.0. The lowest BCUT2D eigenvalue weighted by Gasteiger charge is -2.34. The summed E-state index contributed by atoms with van der Waals surface area (Å²) in [6, 6.07) is 18.5. The van der Waals surface area contributed by atoms with Crippen LogP contribution in [0.2, 0.25) is 0 Å². The molecule has 0 saturated carbocycles. The number of halogens is 2. The maximum absolute atomic E-state index is 14.8. The van der Waals surface area contributed by atoms with Crippen molar-refractivity contribution in [2.24, 2.45) is 0 Å². The van der Waals surface area contributed by atoms with Gasteiger partial charge in [0.25, 0.3) is 0 Å². The molecule has 11 heteroatoms. The van der Waals surface area contributed by atoms with Crippen LogP contribution in [0.3, 0.4) is 0 Å². The van der Waals surface area contributed by atoms with Crippen LogP contribution in [0, 0.1) is 11.6 Å². The SMILES string of the molecule is CC(C)NC(=O)C(Cc1ccccc1)N(Cc1ccc(F)cc1)C(=O)CN(c1ccccc1F)S(=O)(=O)N(C)C. The van der Waals surface area contributed by atoms with E-state index in [1.165, 1.54) is 61.5 Å². The molecule has 0 aliphatic heterocycles. The molecular weight excluding hydrogens is 538 g/mol. The van der Waals surface area contributed by atoms with Gasteiger partial charge in [-0.2, -0.15) is 12.7 Å². The number of anilines is 1. The smallest absolute Gasteiger partial charge is 0.304 e. The number of rotatable bonds is 12. The van der Waals surface area contributed by atoms with Gasteiger partial charge in [-0.3, -0.25) is 9.59 Å². The van der Waals surface area contributed by atoms with Crippen LogP contribution in [0.1, 0.15) is 25.0 Å². The van der Waals surface area contributed by atoms with Gasteiger partial charge < -0.3 is 10.2 Å². The molecule has 0 aliphatic rings. The molecule has 0 bridgehead atoms. The van der Waals surface area contributed by atoms with E-state index in [0.717, 1.165) is 15.9 Å². The largest absolute Gasteiger partial charge is 0.352 e. The highest BCUT2D eigenvalue weighted by Gasteiger charge is 2.35. The monoisotopic (exact) mass is 572 g/mol. The van der Waals surface area contributed by atoms with Crippen LogP contribution in [-0.4, -0.2) is 62.2 Å². The van der Waals surface area contributed by atoms with Crippen molar-refractivity contribution in [3.8, 4) is 0 Å². The Morgan fingerprint density at radius 3 is 2.02 bits per heavy atom. The molecule has 0 aliphatic carbocycles. The van der Waals surface area contributed by atoms with Gasteiger partial charge in [0.05, 0.1) is 5.69 Å². The van der Waals surface area contributed by atoms with Crippen LogP contribution in [0.15, 0.2) is 78.9 Å². The van der Waals surface area contributed by atoms with Crippen molar-refractivity contribution in [3.63, 3.8) is 0 Å². The maximum atomic E-state index is 14.8. The Bertz CT molecular complexity index is 1400. The van der Waals surface area contributed by atoms with E-state index in [1.54, 1.807) is 13.8 Å². The minimum atomic E-state index is -4.32. The van der Waals surface area contributed by atoms with Crippen molar-refractivity contribution in [1.29, 1.82) is 0 Å². The summed E-state index contributed by atoms with van der Waals surface area (Å²) < 4.78 is 56.6. The molecule has 0 radical (unpaired) electrons. The van der Waals surface area contributed by atoms with Crippen LogP contribution < -0.4 is 9.62 Å². The molecule has 40 heavy (non-hydrogen) atoms. The van der Waals surface area contributed by atoms with Gasteiger partial charge in [-0.05, 0) is 49.2 Å². The first kappa shape index (κ1) is 30.7. The zero-order chi connectivity index (χ0) is 29.4. The predicted molar refractivity (Wildman–Crippen MR) is 151 cm³/mol. The van der Waals surface area contributed by atoms with E-state index < -0.39 is 46.2 Å². The zero-order valence-electron chi connectivity index (χ0n) is 22.9. The Morgan fingerprint density at radius 1 is 0.850 bits per heavy atom. The first-order chi connectivity index (χ1) is 18.9. The van der Waals surface area contributed by atoms with Crippen molar-refractivity contribution < 1.29 is 26.8 Å². The van der Waals surface area contributed by atoms with Crippen LogP contribution in [-0.2, 0) is 32.8 Å². The summed E-state index contributed by atoms with van der Waals surface area (Å²) in [5.74, 6) is -2.48. The Balaban J connectivity index is 2.10. The van der Waals surface area contributed by atoms with E-state index in [2.05, 4.69) is 5.32 Å². The average Bonchev–Trinajstić information content (AvgIpc) is 2.90. The molecule has 3 aromatic rings. The number of benzene rings is 3. The number of amides is 2. The topological polar surface area (TPSA) is 90.0 Å². The second-order valence-electron chi connectivity index (χ2n) is 9.77. The fourth-order valence-corrected chi connectivity index (χ4v) is 5.14. The Kier molecular flexibility index (Phi) is 10.4. The fraction of sp³-hybridized carbons (Fsp3) is 0.310. The highest BCUT2D eigenvalue weighted by atomic mass is 32.2. The van der Waals surface area contributed by atoms with Crippen molar-refractivity contribution in [2.45, 2.75) is 38.9 Å². The first-order valence-electron chi connectivity index (χ1n) is 12.7. The van der Waals surface area contributed by atoms with Crippen molar-refractivity contribution in [3.05, 3.63) is 102 Å². The Hall–Kier alpha value is -3.83. The van der Waals surface area contributed by atoms with Crippen molar-refractivity contribution in [1.82, 2.24) is 14.5 Å². The van der Waals surface area contributed by atoms with E-state index in [0.29, 0.717) is 9.87 Å². The molecule has 3 aromatic carbocycles. The third-order valence-electron chi connectivity index (χ3n) is 6.11. The summed E-state index contributed by atoms with van der Waals surface area (Å²) in [5, 5.41) is 2.84. The number of hydrogen-bond donors (Lipinski definition) is 1.